The number of hydrogen-bond donors (Lipinski definition) is 1. The molecule has 0 aliphatic carbocycles. The lowest BCUT2D eigenvalue weighted by Crippen LogP contribution is -2.12. The van der Waals surface area contributed by atoms with E-state index in [4.69, 9.17) is 4.74 Å². The van der Waals surface area contributed by atoms with Crippen molar-refractivity contribution in [3.05, 3.63) is 72.8 Å². The van der Waals surface area contributed by atoms with E-state index in [-0.39, 0.29) is 5.91 Å². The fourth-order valence-electron chi connectivity index (χ4n) is 3.64. The normalized spacial score (nSPS) is 11.0. The van der Waals surface area contributed by atoms with Crippen LogP contribution in [0.4, 0.5) is 5.69 Å². The van der Waals surface area contributed by atoms with Gasteiger partial charge in [-0.2, -0.15) is 0 Å². The summed E-state index contributed by atoms with van der Waals surface area (Å²) in [7, 11) is 0. The van der Waals surface area contributed by atoms with Gasteiger partial charge in [0.15, 0.2) is 0 Å². The van der Waals surface area contributed by atoms with Gasteiger partial charge in [0.1, 0.15) is 5.75 Å². The van der Waals surface area contributed by atoms with Gasteiger partial charge in [-0.05, 0) is 49.7 Å². The van der Waals surface area contributed by atoms with Crippen LogP contribution >= 0.6 is 0 Å². The molecule has 0 fully saturated rings. The van der Waals surface area contributed by atoms with E-state index in [2.05, 4.69) is 53.2 Å². The molecule has 142 valence electrons. The van der Waals surface area contributed by atoms with E-state index in [1.54, 1.807) is 0 Å². The summed E-state index contributed by atoms with van der Waals surface area (Å²) in [6, 6.07) is 24.2. The number of hydrogen-bond acceptors (Lipinski definition) is 2. The number of amides is 1. The Morgan fingerprint density at radius 3 is 2.50 bits per heavy atom. The first-order chi connectivity index (χ1) is 13.8. The molecule has 0 unspecified atom stereocenters. The van der Waals surface area contributed by atoms with Crippen LogP contribution in [-0.2, 0) is 11.3 Å². The summed E-state index contributed by atoms with van der Waals surface area (Å²) in [5, 5.41) is 5.40. The zero-order chi connectivity index (χ0) is 19.3. The maximum absolute atomic E-state index is 12.3. The van der Waals surface area contributed by atoms with Crippen LogP contribution < -0.4 is 10.1 Å². The molecule has 1 N–H and O–H groups in total. The number of fused-ring (bicyclic) bond motifs is 3. The van der Waals surface area contributed by atoms with Crippen LogP contribution in [0.3, 0.4) is 0 Å². The lowest BCUT2D eigenvalue weighted by molar-refractivity contribution is -0.116. The molecule has 3 aromatic carbocycles. The molecule has 1 amide bonds. The van der Waals surface area contributed by atoms with Crippen molar-refractivity contribution in [3.8, 4) is 5.75 Å². The summed E-state index contributed by atoms with van der Waals surface area (Å²) in [5.41, 5.74) is 3.25. The maximum atomic E-state index is 12.3. The van der Waals surface area contributed by atoms with Gasteiger partial charge < -0.3 is 14.6 Å². The third-order valence-corrected chi connectivity index (χ3v) is 4.93. The van der Waals surface area contributed by atoms with Crippen LogP contribution in [0, 0.1) is 0 Å². The summed E-state index contributed by atoms with van der Waals surface area (Å²) < 4.78 is 7.95. The van der Waals surface area contributed by atoms with Crippen LogP contribution in [0.1, 0.15) is 19.8 Å². The van der Waals surface area contributed by atoms with Crippen LogP contribution in [0.15, 0.2) is 72.8 Å². The number of carbonyl (C=O) groups is 1. The van der Waals surface area contributed by atoms with E-state index in [0.29, 0.717) is 19.4 Å². The van der Waals surface area contributed by atoms with Crippen molar-refractivity contribution in [2.45, 2.75) is 26.3 Å². The SMILES string of the molecule is CCn1c2ccccc2c2cc(NC(=O)CCCOc3ccccc3)ccc21. The molecular weight excluding hydrogens is 348 g/mol. The van der Waals surface area contributed by atoms with E-state index in [0.717, 1.165) is 18.0 Å². The Hall–Kier alpha value is -3.27. The van der Waals surface area contributed by atoms with Crippen molar-refractivity contribution in [1.82, 2.24) is 4.57 Å². The minimum Gasteiger partial charge on any atom is -0.494 e. The molecule has 1 aromatic heterocycles. The van der Waals surface area contributed by atoms with Crippen LogP contribution in [0.5, 0.6) is 5.75 Å². The molecule has 0 atom stereocenters. The summed E-state index contributed by atoms with van der Waals surface area (Å²) in [6.07, 6.45) is 1.11. The standard InChI is InChI=1S/C24H24N2O2/c1-2-26-22-12-7-6-11-20(22)21-17-18(14-15-23(21)26)25-24(27)13-8-16-28-19-9-4-3-5-10-19/h3-7,9-12,14-15,17H,2,8,13,16H2,1H3,(H,25,27). The van der Waals surface area contributed by atoms with Crippen molar-refractivity contribution >= 4 is 33.4 Å². The molecule has 0 saturated carbocycles. The zero-order valence-electron chi connectivity index (χ0n) is 16.0. The molecule has 0 aliphatic heterocycles. The second kappa shape index (κ2) is 8.17. The third-order valence-electron chi connectivity index (χ3n) is 4.93. The minimum absolute atomic E-state index is 0.00948. The van der Waals surface area contributed by atoms with E-state index in [9.17, 15) is 4.79 Å². The van der Waals surface area contributed by atoms with E-state index < -0.39 is 0 Å². The Balaban J connectivity index is 1.42. The second-order valence-electron chi connectivity index (χ2n) is 6.81. The van der Waals surface area contributed by atoms with Gasteiger partial charge in [-0.1, -0.05) is 36.4 Å². The van der Waals surface area contributed by atoms with Gasteiger partial charge in [-0.15, -0.1) is 0 Å². The molecule has 0 radical (unpaired) electrons. The lowest BCUT2D eigenvalue weighted by Gasteiger charge is -2.08. The highest BCUT2D eigenvalue weighted by Crippen LogP contribution is 2.31. The van der Waals surface area contributed by atoms with Gasteiger partial charge in [0, 0.05) is 40.5 Å². The number of anilines is 1. The number of nitrogens with one attached hydrogen (secondary N) is 1. The number of aromatic nitrogens is 1. The molecule has 4 nitrogen and oxygen atoms in total. The topological polar surface area (TPSA) is 43.3 Å². The first-order valence-corrected chi connectivity index (χ1v) is 9.75. The van der Waals surface area contributed by atoms with Gasteiger partial charge >= 0.3 is 0 Å². The van der Waals surface area contributed by atoms with Gasteiger partial charge in [-0.3, -0.25) is 4.79 Å². The molecule has 28 heavy (non-hydrogen) atoms. The van der Waals surface area contributed by atoms with Crippen molar-refractivity contribution < 1.29 is 9.53 Å². The molecule has 0 spiro atoms. The predicted molar refractivity (Wildman–Crippen MR) is 115 cm³/mol. The van der Waals surface area contributed by atoms with Crippen molar-refractivity contribution in [2.75, 3.05) is 11.9 Å². The Kier molecular flexibility index (Phi) is 5.29. The first kappa shape index (κ1) is 18.1. The predicted octanol–water partition coefficient (Wildman–Crippen LogP) is 5.61. The Labute approximate surface area is 164 Å². The molecule has 4 aromatic rings. The van der Waals surface area contributed by atoms with Crippen molar-refractivity contribution in [2.24, 2.45) is 0 Å². The Morgan fingerprint density at radius 2 is 1.68 bits per heavy atom. The molecule has 0 aliphatic rings. The quantitative estimate of drug-likeness (QED) is 0.428. The molecule has 4 rings (SSSR count). The zero-order valence-corrected chi connectivity index (χ0v) is 16.0. The average molecular weight is 372 g/mol. The van der Waals surface area contributed by atoms with Gasteiger partial charge in [0.25, 0.3) is 0 Å². The van der Waals surface area contributed by atoms with Gasteiger partial charge in [0.05, 0.1) is 6.61 Å². The Bertz CT molecular complexity index is 1100. The monoisotopic (exact) mass is 372 g/mol. The third kappa shape index (κ3) is 3.72. The number of nitrogens with zero attached hydrogens (tertiary/aromatic N) is 1. The fraction of sp³-hybridized carbons (Fsp3) is 0.208. The van der Waals surface area contributed by atoms with Crippen molar-refractivity contribution in [1.29, 1.82) is 0 Å². The smallest absolute Gasteiger partial charge is 0.224 e. The van der Waals surface area contributed by atoms with E-state index in [1.807, 2.05) is 36.4 Å². The highest BCUT2D eigenvalue weighted by atomic mass is 16.5. The molecule has 4 heteroatoms. The molecular formula is C24H24N2O2. The number of rotatable bonds is 7. The largest absolute Gasteiger partial charge is 0.494 e. The minimum atomic E-state index is 0.00948. The lowest BCUT2D eigenvalue weighted by atomic mass is 10.1. The first-order valence-electron chi connectivity index (χ1n) is 9.75. The number of ether oxygens (including phenoxy) is 1. The summed E-state index contributed by atoms with van der Waals surface area (Å²) in [4.78, 5) is 12.3. The fourth-order valence-corrected chi connectivity index (χ4v) is 3.64. The average Bonchev–Trinajstić information content (AvgIpc) is 3.05. The highest BCUT2D eigenvalue weighted by molar-refractivity contribution is 6.09. The van der Waals surface area contributed by atoms with E-state index in [1.165, 1.54) is 21.8 Å². The van der Waals surface area contributed by atoms with Gasteiger partial charge in [0.2, 0.25) is 5.91 Å². The molecule has 1 heterocycles. The number of carbonyl (C=O) groups excluding carboxylic acids is 1. The second-order valence-corrected chi connectivity index (χ2v) is 6.81. The number of para-hydroxylation sites is 2. The van der Waals surface area contributed by atoms with Crippen LogP contribution in [0.2, 0.25) is 0 Å². The molecule has 0 saturated heterocycles. The van der Waals surface area contributed by atoms with Crippen LogP contribution in [0.25, 0.3) is 21.8 Å². The van der Waals surface area contributed by atoms with Crippen LogP contribution in [-0.4, -0.2) is 17.1 Å². The van der Waals surface area contributed by atoms with Gasteiger partial charge in [-0.25, -0.2) is 0 Å². The maximum Gasteiger partial charge on any atom is 0.224 e. The molecule has 0 bridgehead atoms. The highest BCUT2D eigenvalue weighted by Gasteiger charge is 2.10. The number of benzene rings is 3. The van der Waals surface area contributed by atoms with Crippen molar-refractivity contribution in [3.63, 3.8) is 0 Å². The number of aryl methyl sites for hydroxylation is 1. The summed E-state index contributed by atoms with van der Waals surface area (Å²) in [6.45, 7) is 3.59. The Morgan fingerprint density at radius 1 is 0.929 bits per heavy atom. The summed E-state index contributed by atoms with van der Waals surface area (Å²) >= 11 is 0. The summed E-state index contributed by atoms with van der Waals surface area (Å²) in [5.74, 6) is 0.843. The van der Waals surface area contributed by atoms with E-state index >= 15 is 0 Å².